The van der Waals surface area contributed by atoms with Gasteiger partial charge in [0.15, 0.2) is 5.82 Å². The van der Waals surface area contributed by atoms with Crippen LogP contribution in [0.15, 0.2) is 17.0 Å². The molecule has 1 rings (SSSR count). The van der Waals surface area contributed by atoms with E-state index in [1.807, 2.05) is 6.07 Å². The van der Waals surface area contributed by atoms with E-state index in [1.54, 1.807) is 13.8 Å². The fraction of sp³-hybridized carbons (Fsp3) is 0.417. The molecule has 110 valence electrons. The Kier molecular flexibility index (Phi) is 5.78. The third-order valence-electron chi connectivity index (χ3n) is 2.67. The van der Waals surface area contributed by atoms with Crippen molar-refractivity contribution in [3.8, 4) is 6.07 Å². The summed E-state index contributed by atoms with van der Waals surface area (Å²) in [5.41, 5.74) is 0. The summed E-state index contributed by atoms with van der Waals surface area (Å²) in [5, 5.41) is 7.99. The molecule has 1 aromatic rings. The molecule has 1 aromatic carbocycles. The third-order valence-corrected chi connectivity index (χ3v) is 5.42. The van der Waals surface area contributed by atoms with Gasteiger partial charge in [-0.25, -0.2) is 12.8 Å². The van der Waals surface area contributed by atoms with Crippen LogP contribution in [-0.4, -0.2) is 25.8 Å². The topological polar surface area (TPSA) is 61.2 Å². The maximum atomic E-state index is 13.6. The van der Waals surface area contributed by atoms with Gasteiger partial charge in [0, 0.05) is 13.1 Å². The van der Waals surface area contributed by atoms with Crippen molar-refractivity contribution in [1.29, 1.82) is 5.26 Å². The SMILES string of the molecule is CCN(CC(C)C#N)S(=O)(=O)c1ccc(Cl)c(F)c1Cl. The lowest BCUT2D eigenvalue weighted by Crippen LogP contribution is -2.34. The standard InChI is InChI=1S/C12H13Cl2FN2O2S/c1-3-17(7-8(2)6-16)20(18,19)10-5-4-9(13)12(15)11(10)14/h4-5,8H,3,7H2,1-2H3. The van der Waals surface area contributed by atoms with Crippen LogP contribution in [0.25, 0.3) is 0 Å². The highest BCUT2D eigenvalue weighted by Crippen LogP contribution is 2.31. The monoisotopic (exact) mass is 338 g/mol. The summed E-state index contributed by atoms with van der Waals surface area (Å²) in [6.07, 6.45) is 0. The lowest BCUT2D eigenvalue weighted by Gasteiger charge is -2.22. The summed E-state index contributed by atoms with van der Waals surface area (Å²) in [6.45, 7) is 3.38. The maximum absolute atomic E-state index is 13.6. The molecule has 0 N–H and O–H groups in total. The molecule has 0 aliphatic heterocycles. The molecule has 0 fully saturated rings. The number of hydrogen-bond acceptors (Lipinski definition) is 3. The summed E-state index contributed by atoms with van der Waals surface area (Å²) < 4.78 is 39.5. The van der Waals surface area contributed by atoms with Crippen LogP contribution < -0.4 is 0 Å². The van der Waals surface area contributed by atoms with E-state index >= 15 is 0 Å². The molecule has 20 heavy (non-hydrogen) atoms. The second-order valence-corrected chi connectivity index (χ2v) is 6.85. The van der Waals surface area contributed by atoms with Crippen molar-refractivity contribution in [2.24, 2.45) is 5.92 Å². The molecule has 0 amide bonds. The van der Waals surface area contributed by atoms with Crippen LogP contribution >= 0.6 is 23.2 Å². The van der Waals surface area contributed by atoms with E-state index in [0.717, 1.165) is 16.4 Å². The van der Waals surface area contributed by atoms with Gasteiger partial charge >= 0.3 is 0 Å². The van der Waals surface area contributed by atoms with Gasteiger partial charge in [0.2, 0.25) is 10.0 Å². The molecule has 0 radical (unpaired) electrons. The molecular weight excluding hydrogens is 326 g/mol. The minimum Gasteiger partial charge on any atom is -0.207 e. The molecule has 0 saturated carbocycles. The van der Waals surface area contributed by atoms with Crippen molar-refractivity contribution in [3.63, 3.8) is 0 Å². The van der Waals surface area contributed by atoms with E-state index < -0.39 is 26.8 Å². The van der Waals surface area contributed by atoms with Crippen LogP contribution in [0.4, 0.5) is 4.39 Å². The molecule has 0 bridgehead atoms. The Morgan fingerprint density at radius 2 is 2.05 bits per heavy atom. The summed E-state index contributed by atoms with van der Waals surface area (Å²) >= 11 is 11.3. The van der Waals surface area contributed by atoms with Gasteiger partial charge in [-0.3, -0.25) is 0 Å². The first-order valence-corrected chi connectivity index (χ1v) is 7.98. The molecule has 0 spiro atoms. The van der Waals surface area contributed by atoms with E-state index in [-0.39, 0.29) is 23.0 Å². The molecule has 0 saturated heterocycles. The molecule has 0 heterocycles. The van der Waals surface area contributed by atoms with Crippen LogP contribution in [-0.2, 0) is 10.0 Å². The molecule has 1 atom stereocenters. The van der Waals surface area contributed by atoms with Crippen LogP contribution in [0.1, 0.15) is 13.8 Å². The van der Waals surface area contributed by atoms with Gasteiger partial charge in [-0.1, -0.05) is 30.1 Å². The molecule has 4 nitrogen and oxygen atoms in total. The quantitative estimate of drug-likeness (QED) is 0.774. The molecule has 0 aliphatic carbocycles. The van der Waals surface area contributed by atoms with Gasteiger partial charge in [-0.2, -0.15) is 9.57 Å². The first-order chi connectivity index (χ1) is 9.25. The highest BCUT2D eigenvalue weighted by atomic mass is 35.5. The average Bonchev–Trinajstić information content (AvgIpc) is 2.41. The fourth-order valence-electron chi connectivity index (χ4n) is 1.59. The van der Waals surface area contributed by atoms with Crippen molar-refractivity contribution < 1.29 is 12.8 Å². The van der Waals surface area contributed by atoms with Gasteiger partial charge in [0.1, 0.15) is 4.90 Å². The number of hydrogen-bond donors (Lipinski definition) is 0. The number of nitriles is 1. The van der Waals surface area contributed by atoms with Gasteiger partial charge in [-0.05, 0) is 19.1 Å². The second kappa shape index (κ2) is 6.72. The third kappa shape index (κ3) is 3.41. The van der Waals surface area contributed by atoms with Gasteiger partial charge in [0.25, 0.3) is 0 Å². The van der Waals surface area contributed by atoms with Gasteiger partial charge in [0.05, 0.1) is 22.0 Å². The Morgan fingerprint density at radius 3 is 2.55 bits per heavy atom. The van der Waals surface area contributed by atoms with E-state index in [2.05, 4.69) is 0 Å². The zero-order chi connectivity index (χ0) is 15.5. The van der Waals surface area contributed by atoms with E-state index in [1.165, 1.54) is 0 Å². The van der Waals surface area contributed by atoms with Crippen molar-refractivity contribution in [1.82, 2.24) is 4.31 Å². The molecular formula is C12H13Cl2FN2O2S. The van der Waals surface area contributed by atoms with Crippen LogP contribution in [0.3, 0.4) is 0 Å². The highest BCUT2D eigenvalue weighted by molar-refractivity contribution is 7.89. The Hall–Kier alpha value is -0.870. The van der Waals surface area contributed by atoms with E-state index in [0.29, 0.717) is 0 Å². The summed E-state index contributed by atoms with van der Waals surface area (Å²) in [5.74, 6) is -1.46. The van der Waals surface area contributed by atoms with Crippen molar-refractivity contribution >= 4 is 33.2 Å². The van der Waals surface area contributed by atoms with Crippen molar-refractivity contribution in [3.05, 3.63) is 28.0 Å². The molecule has 0 aromatic heterocycles. The number of nitrogens with zero attached hydrogens (tertiary/aromatic N) is 2. The normalized spacial score (nSPS) is 13.2. The second-order valence-electron chi connectivity index (χ2n) is 4.16. The van der Waals surface area contributed by atoms with E-state index in [4.69, 9.17) is 28.5 Å². The molecule has 1 unspecified atom stereocenters. The van der Waals surface area contributed by atoms with Crippen LogP contribution in [0.2, 0.25) is 10.0 Å². The Bertz CT molecular complexity index is 644. The summed E-state index contributed by atoms with van der Waals surface area (Å²) in [6, 6.07) is 4.25. The average molecular weight is 339 g/mol. The lowest BCUT2D eigenvalue weighted by molar-refractivity contribution is 0.399. The Morgan fingerprint density at radius 1 is 1.45 bits per heavy atom. The summed E-state index contributed by atoms with van der Waals surface area (Å²) in [4.78, 5) is -0.354. The zero-order valence-corrected chi connectivity index (χ0v) is 13.2. The van der Waals surface area contributed by atoms with E-state index in [9.17, 15) is 12.8 Å². The lowest BCUT2D eigenvalue weighted by atomic mass is 10.2. The maximum Gasteiger partial charge on any atom is 0.244 e. The van der Waals surface area contributed by atoms with Crippen LogP contribution in [0.5, 0.6) is 0 Å². The molecule has 8 heteroatoms. The first-order valence-electron chi connectivity index (χ1n) is 5.79. The number of benzene rings is 1. The number of halogens is 3. The van der Waals surface area contributed by atoms with Crippen molar-refractivity contribution in [2.45, 2.75) is 18.7 Å². The zero-order valence-electron chi connectivity index (χ0n) is 10.9. The summed E-state index contributed by atoms with van der Waals surface area (Å²) in [7, 11) is -3.97. The van der Waals surface area contributed by atoms with Gasteiger partial charge < -0.3 is 0 Å². The number of rotatable bonds is 5. The van der Waals surface area contributed by atoms with Gasteiger partial charge in [-0.15, -0.1) is 0 Å². The Labute approximate surface area is 127 Å². The minimum absolute atomic E-state index is 0.00983. The minimum atomic E-state index is -3.97. The smallest absolute Gasteiger partial charge is 0.207 e. The first kappa shape index (κ1) is 17.2. The predicted octanol–water partition coefficient (Wildman–Crippen LogP) is 3.30. The van der Waals surface area contributed by atoms with Crippen molar-refractivity contribution in [2.75, 3.05) is 13.1 Å². The fourth-order valence-corrected chi connectivity index (χ4v) is 3.85. The highest BCUT2D eigenvalue weighted by Gasteiger charge is 2.28. The predicted molar refractivity (Wildman–Crippen MR) is 75.6 cm³/mol. The number of sulfonamides is 1. The van der Waals surface area contributed by atoms with Crippen LogP contribution in [0, 0.1) is 23.1 Å². The molecule has 0 aliphatic rings. The Balaban J connectivity index is 3.29. The largest absolute Gasteiger partial charge is 0.244 e.